The smallest absolute Gasteiger partial charge is 0.316 e. The minimum absolute atomic E-state index is 0.212. The molecule has 1 aromatic heterocycles. The summed E-state index contributed by atoms with van der Waals surface area (Å²) >= 11 is 0. The first kappa shape index (κ1) is 28.8. The van der Waals surface area contributed by atoms with Crippen molar-refractivity contribution in [3.05, 3.63) is 120 Å². The highest BCUT2D eigenvalue weighted by Crippen LogP contribution is 2.38. The van der Waals surface area contributed by atoms with Gasteiger partial charge in [0.15, 0.2) is 0 Å². The summed E-state index contributed by atoms with van der Waals surface area (Å²) in [6.07, 6.45) is 13.2. The van der Waals surface area contributed by atoms with Crippen molar-refractivity contribution in [1.29, 1.82) is 0 Å². The Kier molecular flexibility index (Phi) is 8.24. The average Bonchev–Trinajstić information content (AvgIpc) is 3.62. The highest BCUT2D eigenvalue weighted by molar-refractivity contribution is 6.42. The number of imidazole rings is 1. The molecular weight excluding hydrogens is 528 g/mol. The van der Waals surface area contributed by atoms with Crippen molar-refractivity contribution in [2.75, 3.05) is 11.9 Å². The van der Waals surface area contributed by atoms with Crippen molar-refractivity contribution < 1.29 is 19.1 Å². The van der Waals surface area contributed by atoms with E-state index in [0.29, 0.717) is 17.8 Å². The third kappa shape index (κ3) is 5.84. The quantitative estimate of drug-likeness (QED) is 0.259. The first-order valence-corrected chi connectivity index (χ1v) is 14.2. The van der Waals surface area contributed by atoms with Crippen molar-refractivity contribution in [3.8, 4) is 0 Å². The van der Waals surface area contributed by atoms with E-state index in [4.69, 9.17) is 4.74 Å². The van der Waals surface area contributed by atoms with E-state index in [9.17, 15) is 14.4 Å². The number of hydrogen-bond donors (Lipinski definition) is 1. The number of nitrogens with one attached hydrogen (secondary N) is 1. The molecule has 1 amide bonds. The largest absolute Gasteiger partial charge is 0.463 e. The second-order valence-electron chi connectivity index (χ2n) is 11.4. The number of carbonyl (C=O) groups excluding carboxylic acids is 3. The summed E-state index contributed by atoms with van der Waals surface area (Å²) in [4.78, 5) is 46.3. The lowest BCUT2D eigenvalue weighted by atomic mass is 9.84. The molecule has 2 unspecified atom stereocenters. The van der Waals surface area contributed by atoms with Crippen LogP contribution in [0.2, 0.25) is 0 Å². The van der Waals surface area contributed by atoms with Gasteiger partial charge in [-0.1, -0.05) is 68.5 Å². The topological polar surface area (TPSA) is 93.5 Å². The van der Waals surface area contributed by atoms with Crippen LogP contribution in [0.25, 0.3) is 0 Å². The molecule has 2 atom stereocenters. The third-order valence-corrected chi connectivity index (χ3v) is 7.77. The van der Waals surface area contributed by atoms with Gasteiger partial charge in [0.05, 0.1) is 12.0 Å². The normalized spacial score (nSPS) is 17.6. The molecule has 2 aliphatic rings. The predicted molar refractivity (Wildman–Crippen MR) is 162 cm³/mol. The molecule has 3 aromatic rings. The van der Waals surface area contributed by atoms with Crippen LogP contribution >= 0.6 is 0 Å². The van der Waals surface area contributed by atoms with Gasteiger partial charge < -0.3 is 19.5 Å². The highest BCUT2D eigenvalue weighted by Gasteiger charge is 2.42. The van der Waals surface area contributed by atoms with E-state index < -0.39 is 23.1 Å². The Morgan fingerprint density at radius 3 is 2.60 bits per heavy atom. The minimum Gasteiger partial charge on any atom is -0.463 e. The van der Waals surface area contributed by atoms with Crippen LogP contribution in [0.1, 0.15) is 56.5 Å². The molecule has 5 rings (SSSR count). The molecule has 1 N–H and O–H groups in total. The van der Waals surface area contributed by atoms with Crippen LogP contribution in [0.5, 0.6) is 0 Å². The SMILES string of the molecule is CC(C)c1nccn1CCOC(=O)C(C)(C)c1cccc(NC(=O)C(=O)C2C(c3ccccc3)C=C3C=CC=CN32)c1. The van der Waals surface area contributed by atoms with E-state index >= 15 is 0 Å². The number of anilines is 1. The molecule has 0 fully saturated rings. The van der Waals surface area contributed by atoms with Crippen molar-refractivity contribution in [3.63, 3.8) is 0 Å². The number of fused-ring (bicyclic) bond motifs is 1. The van der Waals surface area contributed by atoms with Crippen LogP contribution in [-0.4, -0.2) is 44.8 Å². The first-order valence-electron chi connectivity index (χ1n) is 14.2. The number of benzene rings is 2. The number of ketones is 1. The fourth-order valence-electron chi connectivity index (χ4n) is 5.41. The Morgan fingerprint density at radius 1 is 1.05 bits per heavy atom. The molecule has 3 heterocycles. The van der Waals surface area contributed by atoms with Gasteiger partial charge >= 0.3 is 5.97 Å². The Bertz CT molecular complexity index is 1560. The first-order chi connectivity index (χ1) is 20.2. The molecule has 0 aliphatic carbocycles. The summed E-state index contributed by atoms with van der Waals surface area (Å²) in [5.41, 5.74) is 1.97. The summed E-state index contributed by atoms with van der Waals surface area (Å²) in [6.45, 7) is 8.42. The van der Waals surface area contributed by atoms with E-state index in [2.05, 4.69) is 24.1 Å². The molecule has 42 heavy (non-hydrogen) atoms. The zero-order valence-corrected chi connectivity index (χ0v) is 24.4. The van der Waals surface area contributed by atoms with E-state index in [0.717, 1.165) is 17.1 Å². The molecule has 2 aliphatic heterocycles. The highest BCUT2D eigenvalue weighted by atomic mass is 16.5. The number of aromatic nitrogens is 2. The maximum Gasteiger partial charge on any atom is 0.316 e. The molecule has 0 saturated carbocycles. The lowest BCUT2D eigenvalue weighted by Crippen LogP contribution is -2.43. The second-order valence-corrected chi connectivity index (χ2v) is 11.4. The molecule has 216 valence electrons. The van der Waals surface area contributed by atoms with Gasteiger partial charge in [-0.2, -0.15) is 0 Å². The molecule has 8 heteroatoms. The number of nitrogens with zero attached hydrogens (tertiary/aromatic N) is 3. The minimum atomic E-state index is -0.978. The van der Waals surface area contributed by atoms with Crippen molar-refractivity contribution in [1.82, 2.24) is 14.5 Å². The van der Waals surface area contributed by atoms with E-state index in [1.807, 2.05) is 82.6 Å². The Balaban J connectivity index is 1.26. The Morgan fingerprint density at radius 2 is 1.83 bits per heavy atom. The van der Waals surface area contributed by atoms with E-state index in [1.54, 1.807) is 38.2 Å². The molecular formula is C34H36N4O4. The molecule has 0 spiro atoms. The van der Waals surface area contributed by atoms with Gasteiger partial charge in [0.1, 0.15) is 18.5 Å². The average molecular weight is 565 g/mol. The summed E-state index contributed by atoms with van der Waals surface area (Å²) < 4.78 is 7.63. The summed E-state index contributed by atoms with van der Waals surface area (Å²) in [6, 6.07) is 16.0. The van der Waals surface area contributed by atoms with Gasteiger partial charge in [0.2, 0.25) is 5.78 Å². The van der Waals surface area contributed by atoms with Gasteiger partial charge in [-0.05, 0) is 49.3 Å². The Labute approximate surface area is 246 Å². The van der Waals surface area contributed by atoms with Gasteiger partial charge in [-0.3, -0.25) is 14.4 Å². The van der Waals surface area contributed by atoms with Crippen molar-refractivity contribution >= 4 is 23.3 Å². The third-order valence-electron chi connectivity index (χ3n) is 7.77. The number of ether oxygens (including phenoxy) is 1. The van der Waals surface area contributed by atoms with E-state index in [1.165, 1.54) is 0 Å². The number of carbonyl (C=O) groups is 3. The zero-order chi connectivity index (χ0) is 29.9. The number of allylic oxidation sites excluding steroid dienone is 3. The lowest BCUT2D eigenvalue weighted by Gasteiger charge is -2.28. The van der Waals surface area contributed by atoms with Crippen LogP contribution in [0, 0.1) is 0 Å². The maximum absolute atomic E-state index is 13.6. The summed E-state index contributed by atoms with van der Waals surface area (Å²) in [7, 11) is 0. The van der Waals surface area contributed by atoms with Crippen LogP contribution in [0.15, 0.2) is 103 Å². The monoisotopic (exact) mass is 564 g/mol. The number of Topliss-reactive ketones (excluding diaryl/α,β-unsaturated/α-hetero) is 1. The van der Waals surface area contributed by atoms with Crippen LogP contribution in [0.3, 0.4) is 0 Å². The molecule has 2 aromatic carbocycles. The predicted octanol–water partition coefficient (Wildman–Crippen LogP) is 5.47. The van der Waals surface area contributed by atoms with Gasteiger partial charge in [-0.15, -0.1) is 0 Å². The second kappa shape index (κ2) is 12.0. The molecule has 0 radical (unpaired) electrons. The number of amides is 1. The summed E-state index contributed by atoms with van der Waals surface area (Å²) in [5, 5.41) is 2.77. The molecule has 0 bridgehead atoms. The number of esters is 1. The van der Waals surface area contributed by atoms with Crippen LogP contribution in [-0.2, 0) is 31.1 Å². The van der Waals surface area contributed by atoms with Gasteiger partial charge in [0.25, 0.3) is 5.91 Å². The molecule has 0 saturated heterocycles. The molecule has 8 nitrogen and oxygen atoms in total. The van der Waals surface area contributed by atoms with Gasteiger partial charge in [-0.25, -0.2) is 4.98 Å². The lowest BCUT2D eigenvalue weighted by molar-refractivity contribution is -0.149. The number of rotatable bonds is 10. The Hall–Kier alpha value is -4.72. The zero-order valence-electron chi connectivity index (χ0n) is 24.4. The fourth-order valence-corrected chi connectivity index (χ4v) is 5.41. The fraction of sp³-hybridized carbons (Fsp3) is 0.294. The van der Waals surface area contributed by atoms with Crippen molar-refractivity contribution in [2.24, 2.45) is 0 Å². The van der Waals surface area contributed by atoms with Crippen molar-refractivity contribution in [2.45, 2.75) is 57.5 Å². The summed E-state index contributed by atoms with van der Waals surface area (Å²) in [5.74, 6) is -0.701. The van der Waals surface area contributed by atoms with Crippen LogP contribution < -0.4 is 5.32 Å². The number of hydrogen-bond acceptors (Lipinski definition) is 6. The maximum atomic E-state index is 13.6. The standard InChI is InChI=1S/C34H36N4O4/c1-23(2)31-35-16-18-37(31)19-20-42-33(41)34(3,4)25-13-10-14-26(21-25)36-32(40)30(39)29-28(24-11-6-5-7-12-24)22-27-15-8-9-17-38(27)29/h5-18,21-23,28-29H,19-20H2,1-4H3,(H,36,40). The van der Waals surface area contributed by atoms with Crippen LogP contribution in [0.4, 0.5) is 5.69 Å². The van der Waals surface area contributed by atoms with E-state index in [-0.39, 0.29) is 24.4 Å². The van der Waals surface area contributed by atoms with Gasteiger partial charge in [0, 0.05) is 41.8 Å².